The van der Waals surface area contributed by atoms with E-state index in [0.717, 1.165) is 12.8 Å². The third-order valence-corrected chi connectivity index (χ3v) is 7.65. The van der Waals surface area contributed by atoms with E-state index in [1.165, 1.54) is 89.9 Å². The Bertz CT molecular complexity index is 618. The second kappa shape index (κ2) is 25.0. The predicted octanol–water partition coefficient (Wildman–Crippen LogP) is 6.79. The molecule has 0 aliphatic carbocycles. The van der Waals surface area contributed by atoms with Crippen molar-refractivity contribution in [2.24, 2.45) is 0 Å². The predicted molar refractivity (Wildman–Crippen MR) is 161 cm³/mol. The normalized spacial score (nSPS) is 14.2. The molecular weight excluding hydrogens is 517 g/mol. The van der Waals surface area contributed by atoms with Crippen LogP contribution in [-0.4, -0.2) is 82.1 Å². The van der Waals surface area contributed by atoms with E-state index in [-0.39, 0.29) is 25.8 Å². The lowest BCUT2D eigenvalue weighted by atomic mass is 10.0. The first-order valence-electron chi connectivity index (χ1n) is 15.6. The molecule has 2 unspecified atom stereocenters. The van der Waals surface area contributed by atoms with Gasteiger partial charge >= 0.3 is 13.9 Å². The summed E-state index contributed by atoms with van der Waals surface area (Å²) in [5.74, 6) is 0. The first kappa shape index (κ1) is 38.3. The average molecular weight is 581 g/mol. The summed E-state index contributed by atoms with van der Waals surface area (Å²) in [7, 11) is 1.65. The molecule has 0 aromatic rings. The van der Waals surface area contributed by atoms with Crippen LogP contribution in [0.15, 0.2) is 0 Å². The Morgan fingerprint density at radius 1 is 0.769 bits per heavy atom. The van der Waals surface area contributed by atoms with Gasteiger partial charge in [0.25, 0.3) is 0 Å². The minimum absolute atomic E-state index is 0.0496. The number of unbranched alkanes of at least 4 members (excludes halogenated alkanes) is 15. The highest BCUT2D eigenvalue weighted by atomic mass is 31.2. The van der Waals surface area contributed by atoms with Crippen LogP contribution in [0.2, 0.25) is 0 Å². The smallest absolute Gasteiger partial charge is 0.379 e. The summed E-state index contributed by atoms with van der Waals surface area (Å²) in [6.45, 7) is 5.93. The van der Waals surface area contributed by atoms with Gasteiger partial charge in [0.15, 0.2) is 0 Å². The molecule has 0 saturated carbocycles. The Morgan fingerprint density at radius 3 is 1.72 bits per heavy atom. The molecule has 0 aliphatic rings. The van der Waals surface area contributed by atoms with Crippen LogP contribution in [-0.2, 0) is 18.3 Å². The lowest BCUT2D eigenvalue weighted by Crippen LogP contribution is -2.41. The number of rotatable bonds is 28. The van der Waals surface area contributed by atoms with Gasteiger partial charge in [0.1, 0.15) is 19.3 Å². The molecule has 2 amide bonds. The largest absolute Gasteiger partial charge is 0.472 e. The summed E-state index contributed by atoms with van der Waals surface area (Å²) in [5.41, 5.74) is 0. The van der Waals surface area contributed by atoms with Gasteiger partial charge in [0, 0.05) is 19.7 Å². The third kappa shape index (κ3) is 28.6. The standard InChI is InChI=1S/C29H62N3O6P/c1-6-8-9-10-11-12-13-14-15-16-17-18-19-20-21-22-24-36-27-28(26-31-29(33)30-7-2)38-39(34,35)37-25-23-32(3,4)5/h28H,6-27H2,1-5H3,(H2-,30,31,33,34,35)/p+1. The summed E-state index contributed by atoms with van der Waals surface area (Å²) >= 11 is 0. The van der Waals surface area contributed by atoms with Crippen molar-refractivity contribution in [2.75, 3.05) is 60.6 Å². The number of ether oxygens (including phenoxy) is 1. The van der Waals surface area contributed by atoms with Gasteiger partial charge in [-0.2, -0.15) is 0 Å². The maximum absolute atomic E-state index is 12.4. The van der Waals surface area contributed by atoms with E-state index in [1.807, 2.05) is 28.1 Å². The highest BCUT2D eigenvalue weighted by molar-refractivity contribution is 7.47. The van der Waals surface area contributed by atoms with Gasteiger partial charge in [0.05, 0.1) is 27.7 Å². The number of quaternary nitrogens is 1. The fraction of sp³-hybridized carbons (Fsp3) is 0.966. The number of carbonyl (C=O) groups is 1. The summed E-state index contributed by atoms with van der Waals surface area (Å²) in [4.78, 5) is 21.9. The highest BCUT2D eigenvalue weighted by Crippen LogP contribution is 2.44. The number of nitrogens with one attached hydrogen (secondary N) is 2. The van der Waals surface area contributed by atoms with E-state index >= 15 is 0 Å². The van der Waals surface area contributed by atoms with Crippen molar-refractivity contribution in [3.8, 4) is 0 Å². The maximum atomic E-state index is 12.4. The van der Waals surface area contributed by atoms with Gasteiger partial charge in [-0.25, -0.2) is 9.36 Å². The number of amides is 2. The Balaban J connectivity index is 3.94. The Labute approximate surface area is 240 Å². The molecule has 9 nitrogen and oxygen atoms in total. The van der Waals surface area contributed by atoms with Crippen molar-refractivity contribution in [3.05, 3.63) is 0 Å². The van der Waals surface area contributed by atoms with E-state index in [1.54, 1.807) is 0 Å². The molecule has 0 aliphatic heterocycles. The van der Waals surface area contributed by atoms with E-state index in [0.29, 0.717) is 24.2 Å². The van der Waals surface area contributed by atoms with Gasteiger partial charge in [-0.05, 0) is 13.3 Å². The summed E-state index contributed by atoms with van der Waals surface area (Å²) in [5, 5.41) is 5.28. The van der Waals surface area contributed by atoms with Crippen LogP contribution in [0.5, 0.6) is 0 Å². The van der Waals surface area contributed by atoms with Crippen molar-refractivity contribution in [1.82, 2.24) is 10.6 Å². The van der Waals surface area contributed by atoms with Crippen LogP contribution in [0.4, 0.5) is 4.79 Å². The molecule has 0 aromatic carbocycles. The Hall–Kier alpha value is -0.700. The average Bonchev–Trinajstić information content (AvgIpc) is 2.85. The minimum atomic E-state index is -4.27. The highest BCUT2D eigenvalue weighted by Gasteiger charge is 2.28. The summed E-state index contributed by atoms with van der Waals surface area (Å²) < 4.78 is 29.2. The van der Waals surface area contributed by atoms with Crippen molar-refractivity contribution in [2.45, 2.75) is 123 Å². The molecule has 39 heavy (non-hydrogen) atoms. The molecular formula is C29H63N3O6P+. The number of phosphoric acid groups is 1. The second-order valence-corrected chi connectivity index (χ2v) is 13.1. The zero-order valence-corrected chi connectivity index (χ0v) is 26.9. The van der Waals surface area contributed by atoms with E-state index in [4.69, 9.17) is 13.8 Å². The van der Waals surface area contributed by atoms with E-state index in [9.17, 15) is 14.3 Å². The molecule has 0 heterocycles. The van der Waals surface area contributed by atoms with Gasteiger partial charge in [-0.3, -0.25) is 9.05 Å². The van der Waals surface area contributed by atoms with Crippen LogP contribution in [0.25, 0.3) is 0 Å². The number of carbonyl (C=O) groups excluding carboxylic acids is 1. The lowest BCUT2D eigenvalue weighted by molar-refractivity contribution is -0.870. The number of nitrogens with zero attached hydrogens (tertiary/aromatic N) is 1. The van der Waals surface area contributed by atoms with Gasteiger partial charge in [-0.15, -0.1) is 0 Å². The quantitative estimate of drug-likeness (QED) is 0.0534. The molecule has 0 fully saturated rings. The summed E-state index contributed by atoms with van der Waals surface area (Å²) in [6, 6.07) is -0.359. The molecule has 0 spiro atoms. The van der Waals surface area contributed by atoms with Crippen molar-refractivity contribution in [3.63, 3.8) is 0 Å². The molecule has 10 heteroatoms. The van der Waals surface area contributed by atoms with Crippen molar-refractivity contribution < 1.29 is 32.5 Å². The monoisotopic (exact) mass is 580 g/mol. The fourth-order valence-electron chi connectivity index (χ4n) is 4.17. The lowest BCUT2D eigenvalue weighted by Gasteiger charge is -2.25. The molecule has 0 radical (unpaired) electrons. The summed E-state index contributed by atoms with van der Waals surface area (Å²) in [6.07, 6.45) is 20.3. The molecule has 234 valence electrons. The van der Waals surface area contributed by atoms with E-state index < -0.39 is 13.9 Å². The van der Waals surface area contributed by atoms with Crippen LogP contribution >= 0.6 is 7.82 Å². The zero-order valence-electron chi connectivity index (χ0n) is 26.0. The van der Waals surface area contributed by atoms with Crippen LogP contribution in [0.1, 0.15) is 117 Å². The van der Waals surface area contributed by atoms with Crippen LogP contribution in [0, 0.1) is 0 Å². The molecule has 0 saturated heterocycles. The number of urea groups is 1. The third-order valence-electron chi connectivity index (χ3n) is 6.57. The Morgan fingerprint density at radius 2 is 1.26 bits per heavy atom. The van der Waals surface area contributed by atoms with Crippen molar-refractivity contribution >= 4 is 13.9 Å². The molecule has 3 N–H and O–H groups in total. The number of phosphoric ester groups is 1. The number of hydrogen-bond acceptors (Lipinski definition) is 5. The molecule has 0 rings (SSSR count). The SMILES string of the molecule is CCCCCCCCCCCCCCCCCCOCC(CNC(=O)NCC)OP(=O)(O)OCC[N+](C)(C)C. The van der Waals surface area contributed by atoms with Crippen molar-refractivity contribution in [1.29, 1.82) is 0 Å². The van der Waals surface area contributed by atoms with Gasteiger partial charge < -0.3 is 24.7 Å². The first-order valence-corrected chi connectivity index (χ1v) is 17.1. The minimum Gasteiger partial charge on any atom is -0.379 e. The Kier molecular flexibility index (Phi) is 24.6. The molecule has 0 aromatic heterocycles. The van der Waals surface area contributed by atoms with Crippen LogP contribution in [0.3, 0.4) is 0 Å². The van der Waals surface area contributed by atoms with Gasteiger partial charge in [0.2, 0.25) is 0 Å². The topological polar surface area (TPSA) is 106 Å². The second-order valence-electron chi connectivity index (χ2n) is 11.7. The molecule has 2 atom stereocenters. The zero-order chi connectivity index (χ0) is 29.2. The fourth-order valence-corrected chi connectivity index (χ4v) is 5.06. The number of likely N-dealkylation sites (N-methyl/N-ethyl adjacent to an activating group) is 1. The maximum Gasteiger partial charge on any atom is 0.472 e. The van der Waals surface area contributed by atoms with Crippen LogP contribution < -0.4 is 10.6 Å². The van der Waals surface area contributed by atoms with E-state index in [2.05, 4.69) is 17.6 Å². The van der Waals surface area contributed by atoms with Gasteiger partial charge in [-0.1, -0.05) is 103 Å². The number of hydrogen-bond donors (Lipinski definition) is 3. The molecule has 0 bridgehead atoms. The first-order chi connectivity index (χ1) is 18.6.